The molecular formula is C17H21NO4. The first kappa shape index (κ1) is 16.1. The number of aryl methyl sites for hydroxylation is 1. The molecule has 0 N–H and O–H groups in total. The highest BCUT2D eigenvalue weighted by Gasteiger charge is 2.11. The molecule has 0 amide bonds. The van der Waals surface area contributed by atoms with Crippen molar-refractivity contribution in [3.05, 3.63) is 30.0 Å². The Kier molecular flexibility index (Phi) is 5.20. The lowest BCUT2D eigenvalue weighted by atomic mass is 10.1. The fraction of sp³-hybridized carbons (Fsp3) is 0.412. The second-order valence-corrected chi connectivity index (χ2v) is 5.20. The lowest BCUT2D eigenvalue weighted by Gasteiger charge is -2.12. The Morgan fingerprint density at radius 3 is 2.68 bits per heavy atom. The van der Waals surface area contributed by atoms with Gasteiger partial charge in [-0.3, -0.25) is 4.98 Å². The number of pyridine rings is 1. The molecule has 1 heterocycles. The summed E-state index contributed by atoms with van der Waals surface area (Å²) in [5.74, 6) is 0.957. The van der Waals surface area contributed by atoms with E-state index in [1.807, 2.05) is 32.0 Å². The van der Waals surface area contributed by atoms with Crippen LogP contribution in [0.4, 0.5) is 0 Å². The Balaban J connectivity index is 2.26. The first-order valence-corrected chi connectivity index (χ1v) is 7.36. The predicted molar refractivity (Wildman–Crippen MR) is 84.4 cm³/mol. The van der Waals surface area contributed by atoms with Gasteiger partial charge in [0.1, 0.15) is 11.5 Å². The normalized spacial score (nSPS) is 10.8. The third-order valence-corrected chi connectivity index (χ3v) is 2.89. The number of fused-ring (bicyclic) bond motifs is 1. The van der Waals surface area contributed by atoms with E-state index >= 15 is 0 Å². The molecule has 0 spiro atoms. The molecule has 1 aromatic heterocycles. The minimum Gasteiger partial charge on any atom is -0.494 e. The summed E-state index contributed by atoms with van der Waals surface area (Å²) in [4.78, 5) is 16.1. The van der Waals surface area contributed by atoms with Crippen LogP contribution in [0.5, 0.6) is 11.5 Å². The van der Waals surface area contributed by atoms with E-state index in [4.69, 9.17) is 14.2 Å². The van der Waals surface area contributed by atoms with Gasteiger partial charge >= 0.3 is 5.97 Å². The van der Waals surface area contributed by atoms with Gasteiger partial charge in [-0.1, -0.05) is 0 Å². The number of ether oxygens (including phenoxy) is 3. The van der Waals surface area contributed by atoms with Crippen LogP contribution in [0.25, 0.3) is 10.9 Å². The fourth-order valence-electron chi connectivity index (χ4n) is 2.11. The quantitative estimate of drug-likeness (QED) is 0.767. The van der Waals surface area contributed by atoms with Crippen LogP contribution in [-0.2, 0) is 9.53 Å². The van der Waals surface area contributed by atoms with E-state index in [9.17, 15) is 4.79 Å². The van der Waals surface area contributed by atoms with Gasteiger partial charge in [-0.15, -0.1) is 0 Å². The summed E-state index contributed by atoms with van der Waals surface area (Å²) in [6.45, 7) is 7.87. The molecule has 118 valence electrons. The fourth-order valence-corrected chi connectivity index (χ4v) is 2.11. The Morgan fingerprint density at radius 1 is 1.23 bits per heavy atom. The van der Waals surface area contributed by atoms with Gasteiger partial charge in [-0.05, 0) is 45.9 Å². The van der Waals surface area contributed by atoms with E-state index in [0.29, 0.717) is 12.4 Å². The molecule has 0 bridgehead atoms. The van der Waals surface area contributed by atoms with Crippen LogP contribution in [0.2, 0.25) is 0 Å². The minimum absolute atomic E-state index is 0.129. The van der Waals surface area contributed by atoms with Crippen molar-refractivity contribution in [2.75, 3.05) is 13.2 Å². The van der Waals surface area contributed by atoms with Crippen molar-refractivity contribution < 1.29 is 19.0 Å². The van der Waals surface area contributed by atoms with E-state index in [1.54, 1.807) is 19.9 Å². The Bertz CT molecular complexity index is 667. The summed E-state index contributed by atoms with van der Waals surface area (Å²) in [5.41, 5.74) is 1.62. The smallest absolute Gasteiger partial charge is 0.344 e. The Labute approximate surface area is 130 Å². The second kappa shape index (κ2) is 7.11. The van der Waals surface area contributed by atoms with E-state index < -0.39 is 5.97 Å². The van der Waals surface area contributed by atoms with Crippen molar-refractivity contribution in [3.63, 3.8) is 0 Å². The molecule has 2 rings (SSSR count). The van der Waals surface area contributed by atoms with Gasteiger partial charge in [0, 0.05) is 17.1 Å². The third kappa shape index (κ3) is 4.10. The average molecular weight is 303 g/mol. The molecular weight excluding hydrogens is 282 g/mol. The minimum atomic E-state index is -0.390. The Morgan fingerprint density at radius 2 is 2.00 bits per heavy atom. The van der Waals surface area contributed by atoms with Crippen LogP contribution >= 0.6 is 0 Å². The van der Waals surface area contributed by atoms with E-state index in [2.05, 4.69) is 4.98 Å². The molecule has 5 nitrogen and oxygen atoms in total. The van der Waals surface area contributed by atoms with E-state index in [1.165, 1.54) is 0 Å². The topological polar surface area (TPSA) is 57.7 Å². The highest BCUT2D eigenvalue weighted by Crippen LogP contribution is 2.29. The van der Waals surface area contributed by atoms with Gasteiger partial charge in [0.15, 0.2) is 6.61 Å². The molecule has 0 radical (unpaired) electrons. The van der Waals surface area contributed by atoms with Gasteiger partial charge in [-0.25, -0.2) is 4.79 Å². The maximum atomic E-state index is 11.6. The molecule has 0 aliphatic rings. The average Bonchev–Trinajstić information content (AvgIpc) is 2.44. The van der Waals surface area contributed by atoms with Crippen molar-refractivity contribution in [2.24, 2.45) is 0 Å². The highest BCUT2D eigenvalue weighted by molar-refractivity contribution is 5.87. The summed E-state index contributed by atoms with van der Waals surface area (Å²) in [5, 5.41) is 0.814. The zero-order chi connectivity index (χ0) is 16.1. The molecule has 2 aromatic rings. The monoisotopic (exact) mass is 303 g/mol. The van der Waals surface area contributed by atoms with Gasteiger partial charge in [0.05, 0.1) is 18.2 Å². The molecule has 0 fully saturated rings. The summed E-state index contributed by atoms with van der Waals surface area (Å²) in [6, 6.07) is 7.43. The SMILES string of the molecule is CCOc1ccc2nc(C)cc(OCC(=O)OC(C)C)c2c1. The number of benzene rings is 1. The summed E-state index contributed by atoms with van der Waals surface area (Å²) in [7, 11) is 0. The Hall–Kier alpha value is -2.30. The van der Waals surface area contributed by atoms with Crippen molar-refractivity contribution in [2.45, 2.75) is 33.8 Å². The number of carbonyl (C=O) groups is 1. The van der Waals surface area contributed by atoms with Crippen molar-refractivity contribution in [1.82, 2.24) is 4.98 Å². The maximum absolute atomic E-state index is 11.6. The lowest BCUT2D eigenvalue weighted by Crippen LogP contribution is -2.18. The molecule has 0 aliphatic carbocycles. The van der Waals surface area contributed by atoms with Crippen LogP contribution in [0, 0.1) is 6.92 Å². The van der Waals surface area contributed by atoms with Crippen molar-refractivity contribution in [3.8, 4) is 11.5 Å². The molecule has 5 heteroatoms. The molecule has 0 atom stereocenters. The highest BCUT2D eigenvalue weighted by atomic mass is 16.6. The summed E-state index contributed by atoms with van der Waals surface area (Å²) in [6.07, 6.45) is -0.156. The van der Waals surface area contributed by atoms with Gasteiger partial charge in [0.2, 0.25) is 0 Å². The molecule has 0 aliphatic heterocycles. The van der Waals surface area contributed by atoms with Crippen molar-refractivity contribution >= 4 is 16.9 Å². The van der Waals surface area contributed by atoms with Crippen LogP contribution in [0.15, 0.2) is 24.3 Å². The van der Waals surface area contributed by atoms with Gasteiger partial charge in [0.25, 0.3) is 0 Å². The zero-order valence-corrected chi connectivity index (χ0v) is 13.4. The number of esters is 1. The van der Waals surface area contributed by atoms with Crippen LogP contribution in [0.1, 0.15) is 26.5 Å². The molecule has 0 unspecified atom stereocenters. The molecule has 0 saturated carbocycles. The summed E-state index contributed by atoms with van der Waals surface area (Å²) >= 11 is 0. The van der Waals surface area contributed by atoms with Gasteiger partial charge < -0.3 is 14.2 Å². The second-order valence-electron chi connectivity index (χ2n) is 5.20. The number of nitrogens with zero attached hydrogens (tertiary/aromatic N) is 1. The summed E-state index contributed by atoms with van der Waals surface area (Å²) < 4.78 is 16.2. The first-order valence-electron chi connectivity index (χ1n) is 7.36. The molecule has 22 heavy (non-hydrogen) atoms. The van der Waals surface area contributed by atoms with Gasteiger partial charge in [-0.2, -0.15) is 0 Å². The third-order valence-electron chi connectivity index (χ3n) is 2.89. The number of hydrogen-bond acceptors (Lipinski definition) is 5. The van der Waals surface area contributed by atoms with E-state index in [0.717, 1.165) is 22.3 Å². The number of aromatic nitrogens is 1. The number of rotatable bonds is 6. The first-order chi connectivity index (χ1) is 10.5. The van der Waals surface area contributed by atoms with Crippen LogP contribution in [0.3, 0.4) is 0 Å². The molecule has 0 saturated heterocycles. The van der Waals surface area contributed by atoms with Crippen molar-refractivity contribution in [1.29, 1.82) is 0 Å². The van der Waals surface area contributed by atoms with Crippen LogP contribution in [-0.4, -0.2) is 30.3 Å². The number of carbonyl (C=O) groups excluding carboxylic acids is 1. The molecule has 1 aromatic carbocycles. The van der Waals surface area contributed by atoms with E-state index in [-0.39, 0.29) is 12.7 Å². The predicted octanol–water partition coefficient (Wildman–Crippen LogP) is 3.27. The standard InChI is InChI=1S/C17H21NO4/c1-5-20-13-6-7-15-14(9-13)16(8-12(4)18-15)21-10-17(19)22-11(2)3/h6-9,11H,5,10H2,1-4H3. The number of hydrogen-bond donors (Lipinski definition) is 0. The lowest BCUT2D eigenvalue weighted by molar-refractivity contribution is -0.149. The van der Waals surface area contributed by atoms with Crippen LogP contribution < -0.4 is 9.47 Å². The largest absolute Gasteiger partial charge is 0.494 e. The maximum Gasteiger partial charge on any atom is 0.344 e. The zero-order valence-electron chi connectivity index (χ0n) is 13.4.